The second-order valence-electron chi connectivity index (χ2n) is 7.19. The van der Waals surface area contributed by atoms with Crippen molar-refractivity contribution in [1.29, 1.82) is 0 Å². The first-order valence-corrected chi connectivity index (χ1v) is 8.79. The van der Waals surface area contributed by atoms with Gasteiger partial charge in [0.1, 0.15) is 30.8 Å². The molecule has 0 saturated heterocycles. The van der Waals surface area contributed by atoms with Crippen molar-refractivity contribution in [2.45, 2.75) is 39.3 Å². The standard InChI is InChI=1S/C19H24FN3O2/c1-12(2)17(24)11-23-7-6-16-15(10-23)19(25)22-18(21-16)9-13-4-3-5-14(20)8-13/h3-5,8,12,17,24H,6-7,9-11H2,1-2H3,(H,21,22,25)/p+1/t17-/m1/s1. The van der Waals surface area contributed by atoms with E-state index in [4.69, 9.17) is 0 Å². The monoisotopic (exact) mass is 346 g/mol. The van der Waals surface area contributed by atoms with Gasteiger partial charge in [-0.05, 0) is 23.6 Å². The highest BCUT2D eigenvalue weighted by atomic mass is 19.1. The SMILES string of the molecule is CC(C)[C@H](O)C[NH+]1CCc2nc(Cc3cccc(F)c3)[nH]c(=O)c2C1. The minimum Gasteiger partial charge on any atom is -0.387 e. The minimum atomic E-state index is -0.365. The maximum absolute atomic E-state index is 13.3. The van der Waals surface area contributed by atoms with Crippen molar-refractivity contribution in [1.82, 2.24) is 9.97 Å². The molecule has 3 rings (SSSR count). The van der Waals surface area contributed by atoms with E-state index in [1.807, 2.05) is 19.9 Å². The molecule has 134 valence electrons. The number of nitrogens with one attached hydrogen (secondary N) is 2. The third kappa shape index (κ3) is 4.32. The first-order valence-electron chi connectivity index (χ1n) is 8.79. The van der Waals surface area contributed by atoms with E-state index in [2.05, 4.69) is 9.97 Å². The number of halogens is 1. The molecule has 6 heteroatoms. The van der Waals surface area contributed by atoms with Crippen LogP contribution in [0.1, 0.15) is 36.5 Å². The number of hydrogen-bond donors (Lipinski definition) is 3. The maximum Gasteiger partial charge on any atom is 0.260 e. The van der Waals surface area contributed by atoms with E-state index >= 15 is 0 Å². The number of benzene rings is 1. The Morgan fingerprint density at radius 3 is 2.92 bits per heavy atom. The van der Waals surface area contributed by atoms with Gasteiger partial charge in [-0.3, -0.25) is 4.79 Å². The Labute approximate surface area is 146 Å². The van der Waals surface area contributed by atoms with Crippen LogP contribution in [-0.2, 0) is 19.4 Å². The van der Waals surface area contributed by atoms with Crippen LogP contribution in [0.3, 0.4) is 0 Å². The van der Waals surface area contributed by atoms with Crippen molar-refractivity contribution in [3.8, 4) is 0 Å². The summed E-state index contributed by atoms with van der Waals surface area (Å²) in [6.07, 6.45) is 0.759. The largest absolute Gasteiger partial charge is 0.387 e. The summed E-state index contributed by atoms with van der Waals surface area (Å²) in [6, 6.07) is 6.33. The Bertz CT molecular complexity index is 803. The zero-order chi connectivity index (χ0) is 18.0. The predicted molar refractivity (Wildman–Crippen MR) is 93.0 cm³/mol. The van der Waals surface area contributed by atoms with Crippen LogP contribution in [0.25, 0.3) is 0 Å². The fourth-order valence-electron chi connectivity index (χ4n) is 3.25. The number of aromatic amines is 1. The van der Waals surface area contributed by atoms with E-state index in [9.17, 15) is 14.3 Å². The summed E-state index contributed by atoms with van der Waals surface area (Å²) in [4.78, 5) is 21.1. The molecule has 0 saturated carbocycles. The number of rotatable bonds is 5. The molecule has 3 N–H and O–H groups in total. The van der Waals surface area contributed by atoms with Crippen LogP contribution in [-0.4, -0.2) is 34.3 Å². The molecule has 0 fully saturated rings. The van der Waals surface area contributed by atoms with Crippen LogP contribution in [0, 0.1) is 11.7 Å². The average molecular weight is 346 g/mol. The van der Waals surface area contributed by atoms with E-state index in [1.165, 1.54) is 17.0 Å². The average Bonchev–Trinajstić information content (AvgIpc) is 2.55. The minimum absolute atomic E-state index is 0.118. The number of aliphatic hydroxyl groups is 1. The number of nitrogens with zero attached hydrogens (tertiary/aromatic N) is 1. The van der Waals surface area contributed by atoms with Crippen LogP contribution in [0.5, 0.6) is 0 Å². The van der Waals surface area contributed by atoms with Crippen LogP contribution >= 0.6 is 0 Å². The van der Waals surface area contributed by atoms with Crippen LogP contribution in [0.15, 0.2) is 29.1 Å². The molecule has 2 atom stereocenters. The second kappa shape index (κ2) is 7.45. The van der Waals surface area contributed by atoms with E-state index < -0.39 is 0 Å². The zero-order valence-corrected chi connectivity index (χ0v) is 14.7. The molecule has 0 spiro atoms. The molecule has 1 aromatic heterocycles. The Morgan fingerprint density at radius 1 is 1.40 bits per heavy atom. The quantitative estimate of drug-likeness (QED) is 0.737. The summed E-state index contributed by atoms with van der Waals surface area (Å²) in [7, 11) is 0. The first-order chi connectivity index (χ1) is 11.9. The van der Waals surface area contributed by atoms with Gasteiger partial charge in [-0.25, -0.2) is 9.37 Å². The highest BCUT2D eigenvalue weighted by molar-refractivity contribution is 5.23. The third-order valence-electron chi connectivity index (χ3n) is 4.82. The molecule has 1 unspecified atom stereocenters. The molecule has 0 radical (unpaired) electrons. The molecule has 0 bridgehead atoms. The molecular weight excluding hydrogens is 321 g/mol. The van der Waals surface area contributed by atoms with Gasteiger partial charge < -0.3 is 15.0 Å². The van der Waals surface area contributed by atoms with Gasteiger partial charge in [-0.2, -0.15) is 0 Å². The van der Waals surface area contributed by atoms with Gasteiger partial charge in [0.05, 0.1) is 17.8 Å². The molecule has 1 aliphatic heterocycles. The van der Waals surface area contributed by atoms with Crippen molar-refractivity contribution < 1.29 is 14.4 Å². The number of fused-ring (bicyclic) bond motifs is 1. The molecule has 0 aliphatic carbocycles. The van der Waals surface area contributed by atoms with Crippen molar-refractivity contribution in [2.24, 2.45) is 5.92 Å². The summed E-state index contributed by atoms with van der Waals surface area (Å²) in [6.45, 7) is 6.07. The lowest BCUT2D eigenvalue weighted by Gasteiger charge is -2.27. The zero-order valence-electron chi connectivity index (χ0n) is 14.7. The van der Waals surface area contributed by atoms with Gasteiger partial charge in [0.2, 0.25) is 0 Å². The number of hydrogen-bond acceptors (Lipinski definition) is 3. The Hall–Kier alpha value is -2.05. The Morgan fingerprint density at radius 2 is 2.20 bits per heavy atom. The number of H-pyrrole nitrogens is 1. The molecule has 2 heterocycles. The molecule has 0 amide bonds. The van der Waals surface area contributed by atoms with Crippen LogP contribution in [0.2, 0.25) is 0 Å². The van der Waals surface area contributed by atoms with Gasteiger partial charge in [0.25, 0.3) is 5.56 Å². The summed E-state index contributed by atoms with van der Waals surface area (Å²) >= 11 is 0. The van der Waals surface area contributed by atoms with E-state index in [0.29, 0.717) is 30.9 Å². The van der Waals surface area contributed by atoms with Gasteiger partial charge >= 0.3 is 0 Å². The van der Waals surface area contributed by atoms with Crippen molar-refractivity contribution in [2.75, 3.05) is 13.1 Å². The topological polar surface area (TPSA) is 70.4 Å². The van der Waals surface area contributed by atoms with Crippen molar-refractivity contribution >= 4 is 0 Å². The predicted octanol–water partition coefficient (Wildman–Crippen LogP) is 0.458. The van der Waals surface area contributed by atoms with Gasteiger partial charge in [0.15, 0.2) is 0 Å². The number of aliphatic hydroxyl groups excluding tert-OH is 1. The molecule has 1 aromatic carbocycles. The van der Waals surface area contributed by atoms with Crippen molar-refractivity contribution in [3.05, 3.63) is 63.1 Å². The fourth-order valence-corrected chi connectivity index (χ4v) is 3.25. The lowest BCUT2D eigenvalue weighted by Crippen LogP contribution is -3.13. The first kappa shape index (κ1) is 17.8. The van der Waals surface area contributed by atoms with Crippen LogP contribution in [0.4, 0.5) is 4.39 Å². The lowest BCUT2D eigenvalue weighted by molar-refractivity contribution is -0.919. The summed E-state index contributed by atoms with van der Waals surface area (Å²) in [5.41, 5.74) is 2.21. The highest BCUT2D eigenvalue weighted by Crippen LogP contribution is 2.10. The number of quaternary nitrogens is 1. The highest BCUT2D eigenvalue weighted by Gasteiger charge is 2.26. The third-order valence-corrected chi connectivity index (χ3v) is 4.82. The van der Waals surface area contributed by atoms with Crippen LogP contribution < -0.4 is 10.5 Å². The molecular formula is C19H25FN3O2+. The smallest absolute Gasteiger partial charge is 0.260 e. The normalized spacial score (nSPS) is 18.2. The van der Waals surface area contributed by atoms with Gasteiger partial charge in [-0.15, -0.1) is 0 Å². The summed E-state index contributed by atoms with van der Waals surface area (Å²) < 4.78 is 13.3. The molecule has 25 heavy (non-hydrogen) atoms. The van der Waals surface area contributed by atoms with Gasteiger partial charge in [-0.1, -0.05) is 26.0 Å². The Kier molecular flexibility index (Phi) is 5.30. The summed E-state index contributed by atoms with van der Waals surface area (Å²) in [5.74, 6) is 0.486. The van der Waals surface area contributed by atoms with Gasteiger partial charge in [0, 0.05) is 12.8 Å². The number of aromatic nitrogens is 2. The molecule has 5 nitrogen and oxygen atoms in total. The molecule has 2 aromatic rings. The van der Waals surface area contributed by atoms with E-state index in [0.717, 1.165) is 24.2 Å². The van der Waals surface area contributed by atoms with Crippen molar-refractivity contribution in [3.63, 3.8) is 0 Å². The second-order valence-corrected chi connectivity index (χ2v) is 7.19. The molecule has 1 aliphatic rings. The lowest BCUT2D eigenvalue weighted by atomic mass is 10.0. The van der Waals surface area contributed by atoms with E-state index in [-0.39, 0.29) is 23.4 Å². The fraction of sp³-hybridized carbons (Fsp3) is 0.474. The van der Waals surface area contributed by atoms with E-state index in [1.54, 1.807) is 6.07 Å². The summed E-state index contributed by atoms with van der Waals surface area (Å²) in [5, 5.41) is 10.1. The maximum atomic E-state index is 13.3. The Balaban J connectivity index is 1.76.